The quantitative estimate of drug-likeness (QED) is 0.578. The number of aliphatic hydroxyl groups is 2. The van der Waals surface area contributed by atoms with Crippen molar-refractivity contribution < 1.29 is 20.1 Å². The maximum atomic E-state index is 10.8. The summed E-state index contributed by atoms with van der Waals surface area (Å²) in [6, 6.07) is 0. The lowest BCUT2D eigenvalue weighted by atomic mass is 9.74. The first-order chi connectivity index (χ1) is 5.84. The van der Waals surface area contributed by atoms with Gasteiger partial charge in [-0.2, -0.15) is 0 Å². The first-order valence-electron chi connectivity index (χ1n) is 3.90. The molecule has 3 N–H and O–H groups in total. The predicted molar refractivity (Wildman–Crippen MR) is 46.3 cm³/mol. The van der Waals surface area contributed by atoms with E-state index in [1.807, 2.05) is 0 Å². The summed E-state index contributed by atoms with van der Waals surface area (Å²) in [5, 5.41) is 27.3. The fraction of sp³-hybridized carbons (Fsp3) is 0.444. The number of rotatable bonds is 1. The Kier molecular flexibility index (Phi) is 2.07. The van der Waals surface area contributed by atoms with E-state index < -0.39 is 17.3 Å². The van der Waals surface area contributed by atoms with Crippen molar-refractivity contribution in [1.82, 2.24) is 0 Å². The fourth-order valence-corrected chi connectivity index (χ4v) is 1.57. The van der Waals surface area contributed by atoms with Crippen LogP contribution in [-0.2, 0) is 4.79 Å². The van der Waals surface area contributed by atoms with Gasteiger partial charge in [-0.1, -0.05) is 13.8 Å². The monoisotopic (exact) mass is 184 g/mol. The first kappa shape index (κ1) is 9.64. The zero-order valence-corrected chi connectivity index (χ0v) is 7.48. The van der Waals surface area contributed by atoms with Crippen LogP contribution in [0.4, 0.5) is 0 Å². The highest BCUT2D eigenvalue weighted by molar-refractivity contribution is 5.75. The predicted octanol–water partition coefficient (Wildman–Crippen LogP) is 1.61. The summed E-state index contributed by atoms with van der Waals surface area (Å²) in [4.78, 5) is 10.8. The SMILES string of the molecule is CC1(C)C=C(O)C=C(O)C1C(=O)O. The average Bonchev–Trinajstić information content (AvgIpc) is 1.78. The van der Waals surface area contributed by atoms with Gasteiger partial charge in [0.15, 0.2) is 0 Å². The third kappa shape index (κ3) is 1.66. The molecule has 0 radical (unpaired) electrons. The molecule has 1 rings (SSSR count). The molecule has 4 heteroatoms. The fourth-order valence-electron chi connectivity index (χ4n) is 1.57. The summed E-state index contributed by atoms with van der Waals surface area (Å²) in [6.45, 7) is 3.29. The molecule has 0 spiro atoms. The Morgan fingerprint density at radius 3 is 2.38 bits per heavy atom. The van der Waals surface area contributed by atoms with Crippen LogP contribution in [0, 0.1) is 11.3 Å². The van der Waals surface area contributed by atoms with Gasteiger partial charge >= 0.3 is 5.97 Å². The van der Waals surface area contributed by atoms with Crippen molar-refractivity contribution in [3.05, 3.63) is 23.7 Å². The Labute approximate surface area is 75.8 Å². The molecule has 0 heterocycles. The molecule has 1 aliphatic carbocycles. The maximum absolute atomic E-state index is 10.8. The van der Waals surface area contributed by atoms with E-state index in [1.165, 1.54) is 6.08 Å². The van der Waals surface area contributed by atoms with E-state index in [2.05, 4.69) is 0 Å². The van der Waals surface area contributed by atoms with E-state index >= 15 is 0 Å². The summed E-state index contributed by atoms with van der Waals surface area (Å²) in [6.07, 6.45) is 2.48. The van der Waals surface area contributed by atoms with Crippen molar-refractivity contribution in [2.75, 3.05) is 0 Å². The van der Waals surface area contributed by atoms with Gasteiger partial charge in [0, 0.05) is 11.5 Å². The van der Waals surface area contributed by atoms with E-state index in [9.17, 15) is 9.90 Å². The topological polar surface area (TPSA) is 77.8 Å². The molecule has 0 saturated heterocycles. The zero-order valence-electron chi connectivity index (χ0n) is 7.48. The zero-order chi connectivity index (χ0) is 10.2. The van der Waals surface area contributed by atoms with Gasteiger partial charge in [0.25, 0.3) is 0 Å². The highest BCUT2D eigenvalue weighted by atomic mass is 16.4. The Bertz CT molecular complexity index is 299. The minimum absolute atomic E-state index is 0.0972. The molecule has 4 nitrogen and oxygen atoms in total. The minimum Gasteiger partial charge on any atom is -0.511 e. The van der Waals surface area contributed by atoms with Gasteiger partial charge in [-0.3, -0.25) is 4.79 Å². The van der Waals surface area contributed by atoms with Crippen LogP contribution in [0.2, 0.25) is 0 Å². The molecule has 72 valence electrons. The van der Waals surface area contributed by atoms with Crippen LogP contribution >= 0.6 is 0 Å². The third-order valence-corrected chi connectivity index (χ3v) is 2.10. The second kappa shape index (κ2) is 2.80. The number of carbonyl (C=O) groups is 1. The number of hydrogen-bond acceptors (Lipinski definition) is 3. The van der Waals surface area contributed by atoms with Gasteiger partial charge in [-0.15, -0.1) is 0 Å². The van der Waals surface area contributed by atoms with E-state index in [0.29, 0.717) is 0 Å². The molecular weight excluding hydrogens is 172 g/mol. The molecule has 0 aromatic heterocycles. The standard InChI is InChI=1S/C9H12O4/c1-9(2)4-5(10)3-6(11)7(9)8(12)13/h3-4,7,10-11H,1-2H3,(H,12,13). The molecule has 0 amide bonds. The molecule has 0 saturated carbocycles. The number of carboxylic acids is 1. The molecule has 0 aliphatic heterocycles. The van der Waals surface area contributed by atoms with E-state index in [0.717, 1.165) is 6.08 Å². The summed E-state index contributed by atoms with van der Waals surface area (Å²) in [5.41, 5.74) is -0.769. The molecule has 1 aliphatic rings. The largest absolute Gasteiger partial charge is 0.511 e. The number of allylic oxidation sites excluding steroid dienone is 2. The van der Waals surface area contributed by atoms with E-state index in [-0.39, 0.29) is 11.5 Å². The molecule has 0 fully saturated rings. The highest BCUT2D eigenvalue weighted by Crippen LogP contribution is 2.37. The Hall–Kier alpha value is -1.45. The lowest BCUT2D eigenvalue weighted by Crippen LogP contribution is -2.33. The Morgan fingerprint density at radius 1 is 1.46 bits per heavy atom. The van der Waals surface area contributed by atoms with Gasteiger partial charge in [-0.05, 0) is 6.08 Å². The first-order valence-corrected chi connectivity index (χ1v) is 3.90. The van der Waals surface area contributed by atoms with Crippen LogP contribution in [0.3, 0.4) is 0 Å². The van der Waals surface area contributed by atoms with Crippen LogP contribution in [0.15, 0.2) is 23.7 Å². The molecule has 13 heavy (non-hydrogen) atoms. The number of carboxylic acid groups (broad SMARTS) is 1. The molecule has 0 bridgehead atoms. The Morgan fingerprint density at radius 2 is 2.00 bits per heavy atom. The van der Waals surface area contributed by atoms with Crippen LogP contribution < -0.4 is 0 Å². The number of aliphatic hydroxyl groups excluding tert-OH is 2. The Balaban J connectivity index is 3.12. The summed E-state index contributed by atoms with van der Waals surface area (Å²) in [5.74, 6) is -2.48. The second-order valence-corrected chi connectivity index (χ2v) is 3.73. The molecule has 0 aromatic carbocycles. The molecule has 1 unspecified atom stereocenters. The minimum atomic E-state index is -1.09. The van der Waals surface area contributed by atoms with Crippen molar-refractivity contribution in [1.29, 1.82) is 0 Å². The molecule has 0 aromatic rings. The van der Waals surface area contributed by atoms with Crippen molar-refractivity contribution in [2.45, 2.75) is 13.8 Å². The summed E-state index contributed by atoms with van der Waals surface area (Å²) >= 11 is 0. The van der Waals surface area contributed by atoms with Gasteiger partial charge < -0.3 is 15.3 Å². The number of aliphatic carboxylic acids is 1. The van der Waals surface area contributed by atoms with Crippen molar-refractivity contribution in [3.8, 4) is 0 Å². The number of hydrogen-bond donors (Lipinski definition) is 3. The summed E-state index contributed by atoms with van der Waals surface area (Å²) in [7, 11) is 0. The second-order valence-electron chi connectivity index (χ2n) is 3.73. The lowest BCUT2D eigenvalue weighted by molar-refractivity contribution is -0.144. The normalized spacial score (nSPS) is 26.2. The maximum Gasteiger partial charge on any atom is 0.315 e. The van der Waals surface area contributed by atoms with Crippen LogP contribution in [0.1, 0.15) is 13.8 Å². The summed E-state index contributed by atoms with van der Waals surface area (Å²) < 4.78 is 0. The highest BCUT2D eigenvalue weighted by Gasteiger charge is 2.39. The van der Waals surface area contributed by atoms with Crippen LogP contribution in [0.5, 0.6) is 0 Å². The molecule has 1 atom stereocenters. The van der Waals surface area contributed by atoms with Gasteiger partial charge in [0.1, 0.15) is 17.4 Å². The third-order valence-electron chi connectivity index (χ3n) is 2.10. The van der Waals surface area contributed by atoms with E-state index in [4.69, 9.17) is 10.2 Å². The lowest BCUT2D eigenvalue weighted by Gasteiger charge is -2.30. The van der Waals surface area contributed by atoms with Crippen molar-refractivity contribution in [2.24, 2.45) is 11.3 Å². The smallest absolute Gasteiger partial charge is 0.315 e. The van der Waals surface area contributed by atoms with Crippen LogP contribution in [-0.4, -0.2) is 21.3 Å². The van der Waals surface area contributed by atoms with Crippen molar-refractivity contribution >= 4 is 5.97 Å². The van der Waals surface area contributed by atoms with E-state index in [1.54, 1.807) is 13.8 Å². The van der Waals surface area contributed by atoms with Gasteiger partial charge in [0.2, 0.25) is 0 Å². The average molecular weight is 184 g/mol. The van der Waals surface area contributed by atoms with Crippen LogP contribution in [0.25, 0.3) is 0 Å². The van der Waals surface area contributed by atoms with Gasteiger partial charge in [-0.25, -0.2) is 0 Å². The molecular formula is C9H12O4. The van der Waals surface area contributed by atoms with Gasteiger partial charge in [0.05, 0.1) is 0 Å². The van der Waals surface area contributed by atoms with Crippen molar-refractivity contribution in [3.63, 3.8) is 0 Å².